The van der Waals surface area contributed by atoms with Crippen molar-refractivity contribution in [3.8, 4) is 11.5 Å². The van der Waals surface area contributed by atoms with Gasteiger partial charge in [0.25, 0.3) is 0 Å². The lowest BCUT2D eigenvalue weighted by molar-refractivity contribution is -0.142. The molecule has 9 nitrogen and oxygen atoms in total. The number of ether oxygens (including phenoxy) is 2. The summed E-state index contributed by atoms with van der Waals surface area (Å²) in [5, 5.41) is 3.06. The third-order valence-electron chi connectivity index (χ3n) is 7.04. The molecule has 3 aromatic carbocycles. The first-order chi connectivity index (χ1) is 20.3. The molecule has 0 aromatic heterocycles. The molecule has 0 saturated carbocycles. The van der Waals surface area contributed by atoms with Crippen molar-refractivity contribution in [1.29, 1.82) is 0 Å². The van der Waals surface area contributed by atoms with Crippen LogP contribution in [0.25, 0.3) is 0 Å². The van der Waals surface area contributed by atoms with Crippen molar-refractivity contribution in [2.45, 2.75) is 65.1 Å². The van der Waals surface area contributed by atoms with Gasteiger partial charge in [0.1, 0.15) is 6.04 Å². The standard InChI is InChI=1S/C33H41N3O6S/c1-24-13-15-26(16-14-24)22-35(28(32(38)34-33(2,3)4)20-25-10-7-6-8-11-25)31(37)12-9-19-36(43(5,39)40)27-17-18-29-30(21-27)42-23-41-29/h6-8,10-11,13-18,21,28H,9,12,19-20,22-23H2,1-5H3,(H,34,38)/t28-/m0/s1. The molecule has 0 spiro atoms. The first kappa shape index (κ1) is 31.9. The topological polar surface area (TPSA) is 105 Å². The minimum atomic E-state index is -3.65. The summed E-state index contributed by atoms with van der Waals surface area (Å²) >= 11 is 0. The highest BCUT2D eigenvalue weighted by atomic mass is 32.2. The van der Waals surface area contributed by atoms with E-state index in [1.54, 1.807) is 23.1 Å². The Kier molecular flexibility index (Phi) is 10.0. The number of fused-ring (bicyclic) bond motifs is 1. The molecule has 1 atom stereocenters. The molecule has 230 valence electrons. The summed E-state index contributed by atoms with van der Waals surface area (Å²) < 4.78 is 37.5. The third kappa shape index (κ3) is 8.97. The van der Waals surface area contributed by atoms with Crippen molar-refractivity contribution < 1.29 is 27.5 Å². The average molecular weight is 608 g/mol. The van der Waals surface area contributed by atoms with Crippen LogP contribution in [0.3, 0.4) is 0 Å². The molecule has 0 aliphatic carbocycles. The van der Waals surface area contributed by atoms with Crippen molar-refractivity contribution in [2.24, 2.45) is 0 Å². The quantitative estimate of drug-likeness (QED) is 0.317. The molecular formula is C33H41N3O6S. The summed E-state index contributed by atoms with van der Waals surface area (Å²) in [6.07, 6.45) is 1.78. The number of anilines is 1. The number of sulfonamides is 1. The summed E-state index contributed by atoms with van der Waals surface area (Å²) in [5.74, 6) is 0.553. The summed E-state index contributed by atoms with van der Waals surface area (Å²) in [6, 6.07) is 21.7. The second-order valence-corrected chi connectivity index (χ2v) is 13.8. The van der Waals surface area contributed by atoms with Crippen LogP contribution in [0.5, 0.6) is 11.5 Å². The molecule has 1 N–H and O–H groups in total. The van der Waals surface area contributed by atoms with Crippen molar-refractivity contribution in [2.75, 3.05) is 23.9 Å². The molecule has 1 aliphatic heterocycles. The number of amides is 2. The van der Waals surface area contributed by atoms with Crippen LogP contribution >= 0.6 is 0 Å². The largest absolute Gasteiger partial charge is 0.454 e. The number of aryl methyl sites for hydroxylation is 1. The van der Waals surface area contributed by atoms with E-state index in [4.69, 9.17) is 9.47 Å². The van der Waals surface area contributed by atoms with Crippen molar-refractivity contribution >= 4 is 27.5 Å². The molecule has 0 saturated heterocycles. The SMILES string of the molecule is Cc1ccc(CN(C(=O)CCCN(c2ccc3c(c2)OCO3)S(C)(=O)=O)[C@@H](Cc2ccccc2)C(=O)NC(C)(C)C)cc1. The molecule has 2 amide bonds. The highest BCUT2D eigenvalue weighted by molar-refractivity contribution is 7.92. The van der Waals surface area contributed by atoms with Gasteiger partial charge in [-0.15, -0.1) is 0 Å². The van der Waals surface area contributed by atoms with Gasteiger partial charge in [-0.05, 0) is 57.4 Å². The van der Waals surface area contributed by atoms with Crippen LogP contribution in [0.4, 0.5) is 5.69 Å². The number of carbonyl (C=O) groups excluding carboxylic acids is 2. The summed E-state index contributed by atoms with van der Waals surface area (Å²) in [4.78, 5) is 29.3. The van der Waals surface area contributed by atoms with E-state index in [9.17, 15) is 18.0 Å². The van der Waals surface area contributed by atoms with Crippen molar-refractivity contribution in [3.05, 3.63) is 89.5 Å². The number of nitrogens with one attached hydrogen (secondary N) is 1. The smallest absolute Gasteiger partial charge is 0.243 e. The van der Waals surface area contributed by atoms with Crippen LogP contribution in [0.15, 0.2) is 72.8 Å². The van der Waals surface area contributed by atoms with Gasteiger partial charge in [-0.1, -0.05) is 60.2 Å². The highest BCUT2D eigenvalue weighted by Gasteiger charge is 2.32. The lowest BCUT2D eigenvalue weighted by atomic mass is 10.00. The number of carbonyl (C=O) groups is 2. The Bertz CT molecular complexity index is 1520. The van der Waals surface area contributed by atoms with E-state index < -0.39 is 21.6 Å². The predicted molar refractivity (Wildman–Crippen MR) is 168 cm³/mol. The monoisotopic (exact) mass is 607 g/mol. The highest BCUT2D eigenvalue weighted by Crippen LogP contribution is 2.36. The Labute approximate surface area is 254 Å². The van der Waals surface area contributed by atoms with Gasteiger partial charge in [0.05, 0.1) is 11.9 Å². The zero-order valence-electron chi connectivity index (χ0n) is 25.5. The molecule has 0 fully saturated rings. The first-order valence-electron chi connectivity index (χ1n) is 14.4. The van der Waals surface area contributed by atoms with E-state index >= 15 is 0 Å². The number of rotatable bonds is 12. The third-order valence-corrected chi connectivity index (χ3v) is 8.23. The molecule has 10 heteroatoms. The second-order valence-electron chi connectivity index (χ2n) is 11.9. The van der Waals surface area contributed by atoms with E-state index in [-0.39, 0.29) is 44.5 Å². The first-order valence-corrected chi connectivity index (χ1v) is 16.2. The Hall–Kier alpha value is -4.05. The summed E-state index contributed by atoms with van der Waals surface area (Å²) in [5.41, 5.74) is 2.87. The van der Waals surface area contributed by atoms with Gasteiger partial charge < -0.3 is 19.7 Å². The molecule has 43 heavy (non-hydrogen) atoms. The number of nitrogens with zero attached hydrogens (tertiary/aromatic N) is 2. The van der Waals surface area contributed by atoms with Crippen molar-refractivity contribution in [3.63, 3.8) is 0 Å². The van der Waals surface area contributed by atoms with Gasteiger partial charge in [-0.25, -0.2) is 8.42 Å². The normalized spacial score (nSPS) is 13.3. The fourth-order valence-electron chi connectivity index (χ4n) is 4.94. The molecular weight excluding hydrogens is 566 g/mol. The maximum absolute atomic E-state index is 14.0. The van der Waals surface area contributed by atoms with Gasteiger partial charge in [0, 0.05) is 37.5 Å². The van der Waals surface area contributed by atoms with Gasteiger partial charge in [0.15, 0.2) is 11.5 Å². The summed E-state index contributed by atoms with van der Waals surface area (Å²) in [7, 11) is -3.65. The second kappa shape index (κ2) is 13.5. The van der Waals surface area contributed by atoms with Gasteiger partial charge in [-0.2, -0.15) is 0 Å². The molecule has 4 rings (SSSR count). The van der Waals surface area contributed by atoms with E-state index in [2.05, 4.69) is 5.32 Å². The molecule has 1 aliphatic rings. The Morgan fingerprint density at radius 3 is 2.26 bits per heavy atom. The van der Waals surface area contributed by atoms with E-state index in [0.717, 1.165) is 22.9 Å². The number of benzene rings is 3. The fraction of sp³-hybridized carbons (Fsp3) is 0.394. The van der Waals surface area contributed by atoms with Crippen LogP contribution in [-0.4, -0.2) is 56.3 Å². The van der Waals surface area contributed by atoms with E-state index in [1.165, 1.54) is 4.31 Å². The fourth-order valence-corrected chi connectivity index (χ4v) is 5.90. The maximum Gasteiger partial charge on any atom is 0.243 e. The van der Waals surface area contributed by atoms with Crippen LogP contribution in [0.2, 0.25) is 0 Å². The van der Waals surface area contributed by atoms with Gasteiger partial charge in [0.2, 0.25) is 28.6 Å². The maximum atomic E-state index is 14.0. The van der Waals surface area contributed by atoms with Crippen LogP contribution in [0, 0.1) is 6.92 Å². The zero-order chi connectivity index (χ0) is 31.2. The Morgan fingerprint density at radius 1 is 0.930 bits per heavy atom. The lowest BCUT2D eigenvalue weighted by Gasteiger charge is -2.34. The van der Waals surface area contributed by atoms with Crippen LogP contribution in [-0.2, 0) is 32.6 Å². The van der Waals surface area contributed by atoms with Gasteiger partial charge in [-0.3, -0.25) is 13.9 Å². The molecule has 0 bridgehead atoms. The minimum Gasteiger partial charge on any atom is -0.454 e. The minimum absolute atomic E-state index is 0.0521. The van der Waals surface area contributed by atoms with Crippen LogP contribution in [0.1, 0.15) is 50.3 Å². The summed E-state index contributed by atoms with van der Waals surface area (Å²) in [6.45, 7) is 8.13. The number of hydrogen-bond acceptors (Lipinski definition) is 6. The number of hydrogen-bond donors (Lipinski definition) is 1. The predicted octanol–water partition coefficient (Wildman–Crippen LogP) is 4.82. The van der Waals surface area contributed by atoms with E-state index in [1.807, 2.05) is 82.3 Å². The average Bonchev–Trinajstić information content (AvgIpc) is 3.41. The van der Waals surface area contributed by atoms with Crippen LogP contribution < -0.4 is 19.1 Å². The molecule has 1 heterocycles. The molecule has 3 aromatic rings. The van der Waals surface area contributed by atoms with Crippen molar-refractivity contribution in [1.82, 2.24) is 10.2 Å². The lowest BCUT2D eigenvalue weighted by Crippen LogP contribution is -2.54. The Balaban J connectivity index is 1.58. The Morgan fingerprint density at radius 2 is 1.60 bits per heavy atom. The molecule has 0 radical (unpaired) electrons. The van der Waals surface area contributed by atoms with E-state index in [0.29, 0.717) is 23.6 Å². The van der Waals surface area contributed by atoms with Gasteiger partial charge >= 0.3 is 0 Å². The molecule has 0 unspecified atom stereocenters. The zero-order valence-corrected chi connectivity index (χ0v) is 26.3.